The number of carbonyl (C=O) groups excluding carboxylic acids is 1. The number of ether oxygens (including phenoxy) is 1. The molecule has 3 N–H and O–H groups in total. The zero-order valence-electron chi connectivity index (χ0n) is 9.44. The van der Waals surface area contributed by atoms with Crippen molar-refractivity contribution in [2.24, 2.45) is 5.73 Å². The number of rotatable bonds is 3. The molecule has 1 aromatic rings. The lowest BCUT2D eigenvalue weighted by Gasteiger charge is -2.23. The van der Waals surface area contributed by atoms with E-state index in [0.717, 1.165) is 7.11 Å². The molecule has 0 aliphatic rings. The second-order valence-electron chi connectivity index (χ2n) is 3.59. The standard InChI is InChI=1S/C11H12F3NO3/c1-18-10(17)7-5-3-2-4-6(7)8(15)9(16)11(12,13)14/h2-5,8-9,16H,15H2,1H3/t8-,9-/m1/s1. The van der Waals surface area contributed by atoms with Gasteiger partial charge in [0.2, 0.25) is 0 Å². The highest BCUT2D eigenvalue weighted by atomic mass is 19.4. The van der Waals surface area contributed by atoms with Crippen molar-refractivity contribution < 1.29 is 27.8 Å². The molecule has 0 heterocycles. The van der Waals surface area contributed by atoms with Crippen molar-refractivity contribution in [3.05, 3.63) is 35.4 Å². The third-order valence-corrected chi connectivity index (χ3v) is 2.40. The number of carbonyl (C=O) groups is 1. The first-order valence-corrected chi connectivity index (χ1v) is 4.96. The number of aliphatic hydroxyl groups excluding tert-OH is 1. The topological polar surface area (TPSA) is 72.5 Å². The summed E-state index contributed by atoms with van der Waals surface area (Å²) in [7, 11) is 1.10. The summed E-state index contributed by atoms with van der Waals surface area (Å²) >= 11 is 0. The molecule has 0 aromatic heterocycles. The summed E-state index contributed by atoms with van der Waals surface area (Å²) < 4.78 is 41.5. The first-order chi connectivity index (χ1) is 8.29. The minimum atomic E-state index is -4.86. The maximum Gasteiger partial charge on any atom is 0.416 e. The van der Waals surface area contributed by atoms with E-state index in [1.165, 1.54) is 24.3 Å². The number of esters is 1. The van der Waals surface area contributed by atoms with E-state index in [4.69, 9.17) is 10.8 Å². The van der Waals surface area contributed by atoms with Crippen LogP contribution >= 0.6 is 0 Å². The van der Waals surface area contributed by atoms with E-state index >= 15 is 0 Å². The zero-order valence-corrected chi connectivity index (χ0v) is 9.44. The van der Waals surface area contributed by atoms with Gasteiger partial charge in [0.05, 0.1) is 18.7 Å². The van der Waals surface area contributed by atoms with Crippen molar-refractivity contribution in [2.45, 2.75) is 18.3 Å². The Morgan fingerprint density at radius 2 is 1.94 bits per heavy atom. The average Bonchev–Trinajstić information content (AvgIpc) is 2.35. The summed E-state index contributed by atoms with van der Waals surface area (Å²) in [4.78, 5) is 11.4. The van der Waals surface area contributed by atoms with E-state index in [-0.39, 0.29) is 11.1 Å². The highest BCUT2D eigenvalue weighted by Gasteiger charge is 2.43. The van der Waals surface area contributed by atoms with Gasteiger partial charge < -0.3 is 15.6 Å². The van der Waals surface area contributed by atoms with Crippen LogP contribution in [0.25, 0.3) is 0 Å². The minimum absolute atomic E-state index is 0.101. The number of aliphatic hydroxyl groups is 1. The van der Waals surface area contributed by atoms with Crippen LogP contribution in [0, 0.1) is 0 Å². The predicted molar refractivity (Wildman–Crippen MR) is 56.8 cm³/mol. The zero-order chi connectivity index (χ0) is 13.9. The second kappa shape index (κ2) is 5.36. The highest BCUT2D eigenvalue weighted by molar-refractivity contribution is 5.91. The Kier molecular flexibility index (Phi) is 4.31. The Morgan fingerprint density at radius 3 is 2.44 bits per heavy atom. The molecule has 0 aliphatic carbocycles. The van der Waals surface area contributed by atoms with Crippen molar-refractivity contribution in [3.63, 3.8) is 0 Å². The van der Waals surface area contributed by atoms with Crippen LogP contribution in [0.1, 0.15) is 22.0 Å². The molecule has 4 nitrogen and oxygen atoms in total. The van der Waals surface area contributed by atoms with Gasteiger partial charge in [-0.3, -0.25) is 0 Å². The normalized spacial score (nSPS) is 15.0. The first-order valence-electron chi connectivity index (χ1n) is 4.96. The SMILES string of the molecule is COC(=O)c1ccccc1[C@@H](N)[C@@H](O)C(F)(F)F. The van der Waals surface area contributed by atoms with Crippen LogP contribution < -0.4 is 5.73 Å². The van der Waals surface area contributed by atoms with Gasteiger partial charge in [0.25, 0.3) is 0 Å². The number of alkyl halides is 3. The molecule has 1 rings (SSSR count). The number of nitrogens with two attached hydrogens (primary N) is 1. The number of benzene rings is 1. The fourth-order valence-electron chi connectivity index (χ4n) is 1.46. The Hall–Kier alpha value is -1.60. The quantitative estimate of drug-likeness (QED) is 0.808. The Bertz CT molecular complexity index is 434. The molecule has 0 bridgehead atoms. The largest absolute Gasteiger partial charge is 0.465 e. The lowest BCUT2D eigenvalue weighted by atomic mass is 9.96. The van der Waals surface area contributed by atoms with Crippen LogP contribution in [0.4, 0.5) is 13.2 Å². The molecular formula is C11H12F3NO3. The van der Waals surface area contributed by atoms with Crippen LogP contribution in [0.15, 0.2) is 24.3 Å². The molecule has 0 fully saturated rings. The Morgan fingerprint density at radius 1 is 1.39 bits per heavy atom. The minimum Gasteiger partial charge on any atom is -0.465 e. The van der Waals surface area contributed by atoms with E-state index in [9.17, 15) is 18.0 Å². The monoisotopic (exact) mass is 263 g/mol. The van der Waals surface area contributed by atoms with Gasteiger partial charge in [0.1, 0.15) is 0 Å². The molecule has 0 saturated carbocycles. The fraction of sp³-hybridized carbons (Fsp3) is 0.364. The molecule has 0 saturated heterocycles. The Labute approximate surface area is 101 Å². The van der Waals surface area contributed by atoms with E-state index in [1.807, 2.05) is 0 Å². The molecule has 0 radical (unpaired) electrons. The van der Waals surface area contributed by atoms with Gasteiger partial charge in [-0.05, 0) is 11.6 Å². The Balaban J connectivity index is 3.13. The first kappa shape index (κ1) is 14.5. The second-order valence-corrected chi connectivity index (χ2v) is 3.59. The van der Waals surface area contributed by atoms with Crippen molar-refractivity contribution in [3.8, 4) is 0 Å². The maximum atomic E-state index is 12.4. The number of hydrogen-bond acceptors (Lipinski definition) is 4. The van der Waals surface area contributed by atoms with Gasteiger partial charge in [0, 0.05) is 0 Å². The smallest absolute Gasteiger partial charge is 0.416 e. The molecule has 0 aliphatic heterocycles. The van der Waals surface area contributed by atoms with Crippen LogP contribution in [-0.4, -0.2) is 30.5 Å². The molecule has 2 atom stereocenters. The molecule has 100 valence electrons. The van der Waals surface area contributed by atoms with Crippen molar-refractivity contribution >= 4 is 5.97 Å². The van der Waals surface area contributed by atoms with Gasteiger partial charge in [-0.1, -0.05) is 18.2 Å². The lowest BCUT2D eigenvalue weighted by Crippen LogP contribution is -2.39. The number of halogens is 3. The van der Waals surface area contributed by atoms with Crippen LogP contribution in [-0.2, 0) is 4.74 Å². The molecule has 0 amide bonds. The predicted octanol–water partition coefficient (Wildman–Crippen LogP) is 1.40. The van der Waals surface area contributed by atoms with E-state index in [0.29, 0.717) is 0 Å². The molecule has 0 spiro atoms. The molecular weight excluding hydrogens is 251 g/mol. The fourth-order valence-corrected chi connectivity index (χ4v) is 1.46. The third kappa shape index (κ3) is 2.99. The third-order valence-electron chi connectivity index (χ3n) is 2.40. The summed E-state index contributed by atoms with van der Waals surface area (Å²) in [5.74, 6) is -0.810. The lowest BCUT2D eigenvalue weighted by molar-refractivity contribution is -0.210. The summed E-state index contributed by atoms with van der Waals surface area (Å²) in [6, 6.07) is 3.66. The summed E-state index contributed by atoms with van der Waals surface area (Å²) in [5, 5.41) is 9.08. The van der Waals surface area contributed by atoms with Gasteiger partial charge in [0.15, 0.2) is 6.10 Å². The number of methoxy groups -OCH3 is 1. The average molecular weight is 263 g/mol. The van der Waals surface area contributed by atoms with E-state index < -0.39 is 24.3 Å². The van der Waals surface area contributed by atoms with Gasteiger partial charge in [-0.25, -0.2) is 4.79 Å². The maximum absolute atomic E-state index is 12.4. The van der Waals surface area contributed by atoms with Crippen molar-refractivity contribution in [1.29, 1.82) is 0 Å². The molecule has 0 unspecified atom stereocenters. The van der Waals surface area contributed by atoms with Gasteiger partial charge >= 0.3 is 12.1 Å². The van der Waals surface area contributed by atoms with Crippen LogP contribution in [0.3, 0.4) is 0 Å². The summed E-state index contributed by atoms with van der Waals surface area (Å²) in [5.41, 5.74) is 5.12. The van der Waals surface area contributed by atoms with E-state index in [1.54, 1.807) is 0 Å². The van der Waals surface area contributed by atoms with Crippen molar-refractivity contribution in [2.75, 3.05) is 7.11 Å². The molecule has 7 heteroatoms. The van der Waals surface area contributed by atoms with E-state index in [2.05, 4.69) is 4.74 Å². The molecule has 1 aromatic carbocycles. The van der Waals surface area contributed by atoms with Crippen LogP contribution in [0.2, 0.25) is 0 Å². The summed E-state index contributed by atoms with van der Waals surface area (Å²) in [6.45, 7) is 0. The van der Waals surface area contributed by atoms with Crippen molar-refractivity contribution in [1.82, 2.24) is 0 Å². The molecule has 18 heavy (non-hydrogen) atoms. The number of hydrogen-bond donors (Lipinski definition) is 2. The van der Waals surface area contributed by atoms with Gasteiger partial charge in [-0.2, -0.15) is 13.2 Å². The summed E-state index contributed by atoms with van der Waals surface area (Å²) in [6.07, 6.45) is -7.61. The van der Waals surface area contributed by atoms with Crippen LogP contribution in [0.5, 0.6) is 0 Å². The van der Waals surface area contributed by atoms with Gasteiger partial charge in [-0.15, -0.1) is 0 Å². The highest BCUT2D eigenvalue weighted by Crippen LogP contribution is 2.30.